The summed E-state index contributed by atoms with van der Waals surface area (Å²) in [7, 11) is 0. The second-order valence-corrected chi connectivity index (χ2v) is 6.32. The normalized spacial score (nSPS) is 18.2. The van der Waals surface area contributed by atoms with E-state index in [0.29, 0.717) is 11.3 Å². The van der Waals surface area contributed by atoms with E-state index < -0.39 is 0 Å². The van der Waals surface area contributed by atoms with Crippen LogP contribution in [0.2, 0.25) is 0 Å². The van der Waals surface area contributed by atoms with Crippen molar-refractivity contribution in [3.63, 3.8) is 0 Å². The standard InChI is InChI=1S/C18H18N6O/c19-18-17-15(11-5-1-2-6-12(11)21-18)16(22-23-17)13-8-9-20-24(13)14-7-3-4-10-25-14/h1-2,5-6,8-9,14H,3-4,7,10H2,(H2,19,21)(H,22,23). The fourth-order valence-electron chi connectivity index (χ4n) is 3.60. The van der Waals surface area contributed by atoms with Crippen LogP contribution in [0.5, 0.6) is 0 Å². The van der Waals surface area contributed by atoms with Gasteiger partial charge in [-0.1, -0.05) is 18.2 Å². The first-order chi connectivity index (χ1) is 12.3. The van der Waals surface area contributed by atoms with E-state index in [1.54, 1.807) is 6.20 Å². The number of nitrogens with zero attached hydrogens (tertiary/aromatic N) is 4. The highest BCUT2D eigenvalue weighted by Gasteiger charge is 2.23. The van der Waals surface area contributed by atoms with E-state index in [4.69, 9.17) is 10.5 Å². The predicted octanol–water partition coefficient (Wildman–Crippen LogP) is 3.26. The monoisotopic (exact) mass is 334 g/mol. The predicted molar refractivity (Wildman–Crippen MR) is 95.9 cm³/mol. The Hall–Kier alpha value is -2.93. The minimum atomic E-state index is -0.0393. The van der Waals surface area contributed by atoms with Crippen LogP contribution >= 0.6 is 0 Å². The minimum Gasteiger partial charge on any atom is -0.382 e. The van der Waals surface area contributed by atoms with Crippen molar-refractivity contribution >= 4 is 27.6 Å². The Morgan fingerprint density at radius 1 is 1.20 bits per heavy atom. The number of rotatable bonds is 2. The number of aromatic amines is 1. The van der Waals surface area contributed by atoms with Crippen LogP contribution in [0.4, 0.5) is 5.82 Å². The lowest BCUT2D eigenvalue weighted by molar-refractivity contribution is -0.0383. The van der Waals surface area contributed by atoms with Crippen molar-refractivity contribution < 1.29 is 4.74 Å². The maximum atomic E-state index is 6.13. The molecule has 5 rings (SSSR count). The SMILES string of the molecule is Nc1nc2ccccc2c2c(-c3ccnn3C3CCCCO3)[nH]nc12. The quantitative estimate of drug-likeness (QED) is 0.587. The number of H-pyrrole nitrogens is 1. The molecule has 0 bridgehead atoms. The summed E-state index contributed by atoms with van der Waals surface area (Å²) in [6.45, 7) is 0.771. The first-order valence-corrected chi connectivity index (χ1v) is 8.51. The number of benzene rings is 1. The zero-order valence-corrected chi connectivity index (χ0v) is 13.6. The van der Waals surface area contributed by atoms with Gasteiger partial charge in [-0.15, -0.1) is 0 Å². The summed E-state index contributed by atoms with van der Waals surface area (Å²) in [6, 6.07) is 9.94. The summed E-state index contributed by atoms with van der Waals surface area (Å²) >= 11 is 0. The number of pyridine rings is 1. The molecular weight excluding hydrogens is 316 g/mol. The molecule has 4 heterocycles. The van der Waals surface area contributed by atoms with Gasteiger partial charge in [0.15, 0.2) is 12.0 Å². The van der Waals surface area contributed by atoms with E-state index >= 15 is 0 Å². The third-order valence-corrected chi connectivity index (χ3v) is 4.78. The van der Waals surface area contributed by atoms with Crippen LogP contribution in [0.3, 0.4) is 0 Å². The lowest BCUT2D eigenvalue weighted by Gasteiger charge is -2.24. The Bertz CT molecular complexity index is 1060. The highest BCUT2D eigenvalue weighted by Crippen LogP contribution is 2.35. The number of anilines is 1. The van der Waals surface area contributed by atoms with Crippen LogP contribution < -0.4 is 5.73 Å². The van der Waals surface area contributed by atoms with Crippen molar-refractivity contribution in [1.29, 1.82) is 0 Å². The van der Waals surface area contributed by atoms with Gasteiger partial charge in [0.05, 0.1) is 16.9 Å². The molecule has 1 aliphatic rings. The molecule has 0 radical (unpaired) electrons. The van der Waals surface area contributed by atoms with E-state index in [1.165, 1.54) is 0 Å². The number of nitrogens with one attached hydrogen (secondary N) is 1. The molecule has 25 heavy (non-hydrogen) atoms. The average molecular weight is 334 g/mol. The molecule has 1 aliphatic heterocycles. The molecule has 1 fully saturated rings. The number of nitrogens with two attached hydrogens (primary N) is 1. The van der Waals surface area contributed by atoms with Crippen LogP contribution in [0, 0.1) is 0 Å². The summed E-state index contributed by atoms with van der Waals surface area (Å²) in [5, 5.41) is 14.1. The Kier molecular flexibility index (Phi) is 3.21. The molecule has 126 valence electrons. The number of fused-ring (bicyclic) bond motifs is 3. The van der Waals surface area contributed by atoms with E-state index in [2.05, 4.69) is 20.3 Å². The molecule has 1 unspecified atom stereocenters. The molecular formula is C18H18N6O. The highest BCUT2D eigenvalue weighted by molar-refractivity contribution is 6.13. The fourth-order valence-corrected chi connectivity index (χ4v) is 3.60. The van der Waals surface area contributed by atoms with E-state index in [1.807, 2.05) is 35.0 Å². The number of aromatic nitrogens is 5. The second kappa shape index (κ2) is 5.56. The molecule has 7 heteroatoms. The molecule has 0 amide bonds. The highest BCUT2D eigenvalue weighted by atomic mass is 16.5. The van der Waals surface area contributed by atoms with Gasteiger partial charge in [-0.25, -0.2) is 9.67 Å². The van der Waals surface area contributed by atoms with Gasteiger partial charge < -0.3 is 10.5 Å². The number of ether oxygens (including phenoxy) is 1. The van der Waals surface area contributed by atoms with Gasteiger partial charge in [0.2, 0.25) is 0 Å². The Balaban J connectivity index is 1.76. The Labute approximate surface area is 143 Å². The van der Waals surface area contributed by atoms with Crippen molar-refractivity contribution in [3.8, 4) is 11.4 Å². The van der Waals surface area contributed by atoms with Crippen LogP contribution in [0.1, 0.15) is 25.5 Å². The third-order valence-electron chi connectivity index (χ3n) is 4.78. The van der Waals surface area contributed by atoms with Gasteiger partial charge in [0.1, 0.15) is 5.52 Å². The minimum absolute atomic E-state index is 0.0393. The van der Waals surface area contributed by atoms with Crippen molar-refractivity contribution in [2.24, 2.45) is 0 Å². The summed E-state index contributed by atoms with van der Waals surface area (Å²) in [4.78, 5) is 4.46. The van der Waals surface area contributed by atoms with E-state index in [0.717, 1.165) is 53.5 Å². The molecule has 0 spiro atoms. The summed E-state index contributed by atoms with van der Waals surface area (Å²) in [6.07, 6.45) is 4.97. The molecule has 0 saturated carbocycles. The van der Waals surface area contributed by atoms with E-state index in [-0.39, 0.29) is 6.23 Å². The molecule has 3 N–H and O–H groups in total. The maximum absolute atomic E-state index is 6.13. The van der Waals surface area contributed by atoms with E-state index in [9.17, 15) is 0 Å². The number of hydrogen-bond donors (Lipinski definition) is 2. The fraction of sp³-hybridized carbons (Fsp3) is 0.278. The van der Waals surface area contributed by atoms with Crippen LogP contribution in [-0.2, 0) is 4.74 Å². The summed E-state index contributed by atoms with van der Waals surface area (Å²) in [5.41, 5.74) is 9.52. The van der Waals surface area contributed by atoms with Gasteiger partial charge >= 0.3 is 0 Å². The molecule has 1 aromatic carbocycles. The smallest absolute Gasteiger partial charge is 0.152 e. The van der Waals surface area contributed by atoms with Crippen molar-refractivity contribution in [1.82, 2.24) is 25.0 Å². The summed E-state index contributed by atoms with van der Waals surface area (Å²) in [5.74, 6) is 0.427. The molecule has 0 aliphatic carbocycles. The van der Waals surface area contributed by atoms with Gasteiger partial charge in [-0.05, 0) is 31.4 Å². The first-order valence-electron chi connectivity index (χ1n) is 8.51. The average Bonchev–Trinajstić information content (AvgIpc) is 3.30. The Morgan fingerprint density at radius 2 is 2.12 bits per heavy atom. The third kappa shape index (κ3) is 2.20. The number of nitrogen functional groups attached to an aromatic ring is 1. The first kappa shape index (κ1) is 14.4. The van der Waals surface area contributed by atoms with Crippen molar-refractivity contribution in [2.75, 3.05) is 12.3 Å². The topological polar surface area (TPSA) is 94.6 Å². The molecule has 4 aromatic rings. The van der Waals surface area contributed by atoms with Gasteiger partial charge in [0.25, 0.3) is 0 Å². The lowest BCUT2D eigenvalue weighted by Crippen LogP contribution is -2.19. The lowest BCUT2D eigenvalue weighted by atomic mass is 10.1. The van der Waals surface area contributed by atoms with Gasteiger partial charge in [-0.3, -0.25) is 5.10 Å². The van der Waals surface area contributed by atoms with Gasteiger partial charge in [-0.2, -0.15) is 10.2 Å². The number of hydrogen-bond acceptors (Lipinski definition) is 5. The maximum Gasteiger partial charge on any atom is 0.152 e. The van der Waals surface area contributed by atoms with Crippen molar-refractivity contribution in [3.05, 3.63) is 36.5 Å². The largest absolute Gasteiger partial charge is 0.382 e. The second-order valence-electron chi connectivity index (χ2n) is 6.32. The molecule has 3 aromatic heterocycles. The van der Waals surface area contributed by atoms with Crippen LogP contribution in [-0.4, -0.2) is 31.6 Å². The Morgan fingerprint density at radius 3 is 3.00 bits per heavy atom. The summed E-state index contributed by atoms with van der Waals surface area (Å²) < 4.78 is 7.86. The van der Waals surface area contributed by atoms with Crippen LogP contribution in [0.15, 0.2) is 36.5 Å². The van der Waals surface area contributed by atoms with Crippen LogP contribution in [0.25, 0.3) is 33.2 Å². The molecule has 1 saturated heterocycles. The zero-order valence-electron chi connectivity index (χ0n) is 13.6. The van der Waals surface area contributed by atoms with Gasteiger partial charge in [0, 0.05) is 23.6 Å². The zero-order chi connectivity index (χ0) is 16.8. The molecule has 1 atom stereocenters. The molecule has 7 nitrogen and oxygen atoms in total. The van der Waals surface area contributed by atoms with Crippen molar-refractivity contribution in [2.45, 2.75) is 25.5 Å². The number of para-hydroxylation sites is 1.